The summed E-state index contributed by atoms with van der Waals surface area (Å²) in [7, 11) is 0. The monoisotopic (exact) mass is 521 g/mol. The van der Waals surface area contributed by atoms with Gasteiger partial charge in [0.2, 0.25) is 5.65 Å². The maximum atomic E-state index is 14.3. The summed E-state index contributed by atoms with van der Waals surface area (Å²) in [6.45, 7) is 6.62. The van der Waals surface area contributed by atoms with Crippen LogP contribution in [0.2, 0.25) is 5.02 Å². The number of hydrogen-bond acceptors (Lipinski definition) is 4. The zero-order valence-electron chi connectivity index (χ0n) is 21.1. The fourth-order valence-electron chi connectivity index (χ4n) is 5.98. The number of benzene rings is 2. The smallest absolute Gasteiger partial charge is 0.294 e. The van der Waals surface area contributed by atoms with E-state index in [0.29, 0.717) is 29.1 Å². The molecule has 0 radical (unpaired) electrons. The van der Waals surface area contributed by atoms with Crippen molar-refractivity contribution < 1.29 is 9.18 Å². The minimum absolute atomic E-state index is 0.0545. The van der Waals surface area contributed by atoms with E-state index < -0.39 is 5.82 Å². The number of fused-ring (bicyclic) bond motifs is 8. The Morgan fingerprint density at radius 2 is 1.95 bits per heavy atom. The minimum atomic E-state index is -0.547. The van der Waals surface area contributed by atoms with Gasteiger partial charge in [0, 0.05) is 11.5 Å². The van der Waals surface area contributed by atoms with Gasteiger partial charge in [0.25, 0.3) is 11.5 Å². The number of carbonyl (C=O) groups is 1. The van der Waals surface area contributed by atoms with E-state index in [1.54, 1.807) is 17.0 Å². The Labute approximate surface area is 218 Å². The van der Waals surface area contributed by atoms with E-state index in [9.17, 15) is 14.0 Å². The van der Waals surface area contributed by atoms with Crippen LogP contribution in [0.15, 0.2) is 29.1 Å². The Kier molecular flexibility index (Phi) is 5.82. The van der Waals surface area contributed by atoms with E-state index >= 15 is 0 Å². The highest BCUT2D eigenvalue weighted by Gasteiger charge is 2.44. The lowest BCUT2D eigenvalue weighted by Gasteiger charge is -2.18. The highest BCUT2D eigenvalue weighted by atomic mass is 35.5. The quantitative estimate of drug-likeness (QED) is 0.308. The predicted octanol–water partition coefficient (Wildman–Crippen LogP) is 6.33. The average molecular weight is 522 g/mol. The first kappa shape index (κ1) is 24.1. The molecule has 9 heteroatoms. The third-order valence-electron chi connectivity index (χ3n) is 8.17. The highest BCUT2D eigenvalue weighted by molar-refractivity contribution is 6.31. The van der Waals surface area contributed by atoms with Gasteiger partial charge >= 0.3 is 0 Å². The van der Waals surface area contributed by atoms with Crippen LogP contribution < -0.4 is 10.5 Å². The number of anilines is 1. The van der Waals surface area contributed by atoms with Gasteiger partial charge in [-0.1, -0.05) is 51.6 Å². The molecule has 0 bridgehead atoms. The van der Waals surface area contributed by atoms with E-state index in [1.165, 1.54) is 6.07 Å². The SMILES string of the molecule is CCCC(CCC(C)CC)c1nnc2c(=O)[nH]c3cc4c(cc3n12)C1Cc2cc(Cl)c(F)cc2N1C4=O. The molecule has 0 spiro atoms. The molecule has 2 aliphatic rings. The van der Waals surface area contributed by atoms with Crippen LogP contribution in [0, 0.1) is 11.7 Å². The van der Waals surface area contributed by atoms with Gasteiger partial charge in [-0.05, 0) is 60.6 Å². The van der Waals surface area contributed by atoms with E-state index in [-0.39, 0.29) is 34.1 Å². The average Bonchev–Trinajstić information content (AvgIpc) is 3.54. The number of amides is 1. The van der Waals surface area contributed by atoms with Crippen LogP contribution in [0.4, 0.5) is 10.1 Å². The number of hydrogen-bond donors (Lipinski definition) is 1. The molecule has 0 fully saturated rings. The molecule has 2 aromatic heterocycles. The molecule has 3 atom stereocenters. The van der Waals surface area contributed by atoms with Gasteiger partial charge in [0.15, 0.2) is 0 Å². The van der Waals surface area contributed by atoms with Gasteiger partial charge in [0.1, 0.15) is 11.6 Å². The van der Waals surface area contributed by atoms with E-state index in [4.69, 9.17) is 11.6 Å². The number of nitrogens with zero attached hydrogens (tertiary/aromatic N) is 4. The molecular formula is C28H29ClFN5O2. The Balaban J connectivity index is 1.51. The zero-order valence-corrected chi connectivity index (χ0v) is 21.9. The summed E-state index contributed by atoms with van der Waals surface area (Å²) in [5.41, 5.74) is 4.02. The van der Waals surface area contributed by atoms with Crippen LogP contribution in [0.3, 0.4) is 0 Å². The molecule has 0 aliphatic carbocycles. The fraction of sp³-hybridized carbons (Fsp3) is 0.429. The van der Waals surface area contributed by atoms with Crippen LogP contribution in [0.25, 0.3) is 16.7 Å². The van der Waals surface area contributed by atoms with Gasteiger partial charge in [-0.15, -0.1) is 10.2 Å². The van der Waals surface area contributed by atoms with Crippen molar-refractivity contribution in [2.45, 2.75) is 71.3 Å². The van der Waals surface area contributed by atoms with E-state index in [1.807, 2.05) is 10.5 Å². The molecule has 4 heterocycles. The van der Waals surface area contributed by atoms with Crippen molar-refractivity contribution in [3.05, 3.63) is 68.0 Å². The molecule has 1 amide bonds. The van der Waals surface area contributed by atoms with Crippen molar-refractivity contribution in [2.75, 3.05) is 4.90 Å². The zero-order chi connectivity index (χ0) is 26.0. The summed E-state index contributed by atoms with van der Waals surface area (Å²) in [6, 6.07) is 6.42. The fourth-order valence-corrected chi connectivity index (χ4v) is 6.16. The number of rotatable bonds is 7. The van der Waals surface area contributed by atoms with Gasteiger partial charge in [-0.2, -0.15) is 0 Å². The Morgan fingerprint density at radius 3 is 2.70 bits per heavy atom. The first-order chi connectivity index (χ1) is 17.8. The van der Waals surface area contributed by atoms with E-state index in [0.717, 1.165) is 54.6 Å². The van der Waals surface area contributed by atoms with Crippen molar-refractivity contribution in [3.8, 4) is 0 Å². The predicted molar refractivity (Wildman–Crippen MR) is 142 cm³/mol. The number of carbonyl (C=O) groups excluding carboxylic acids is 1. The molecule has 7 nitrogen and oxygen atoms in total. The number of nitrogens with one attached hydrogen (secondary N) is 1. The second-order valence-electron chi connectivity index (χ2n) is 10.5. The second-order valence-corrected chi connectivity index (χ2v) is 10.9. The molecule has 2 aromatic carbocycles. The summed E-state index contributed by atoms with van der Waals surface area (Å²) < 4.78 is 16.2. The van der Waals surface area contributed by atoms with Gasteiger partial charge in [-0.25, -0.2) is 4.39 Å². The topological polar surface area (TPSA) is 83.4 Å². The number of halogens is 2. The van der Waals surface area contributed by atoms with Crippen LogP contribution in [-0.2, 0) is 6.42 Å². The van der Waals surface area contributed by atoms with Crippen molar-refractivity contribution in [3.63, 3.8) is 0 Å². The molecule has 192 valence electrons. The van der Waals surface area contributed by atoms with Gasteiger partial charge in [0.05, 0.1) is 27.8 Å². The molecule has 3 unspecified atom stereocenters. The molecule has 4 aromatic rings. The molecule has 0 saturated heterocycles. The summed E-state index contributed by atoms with van der Waals surface area (Å²) >= 11 is 6.03. The third-order valence-corrected chi connectivity index (χ3v) is 8.46. The van der Waals surface area contributed by atoms with Crippen LogP contribution in [-0.4, -0.2) is 25.5 Å². The van der Waals surface area contributed by atoms with Crippen molar-refractivity contribution >= 4 is 39.9 Å². The number of H-pyrrole nitrogens is 1. The Hall–Kier alpha value is -3.26. The van der Waals surface area contributed by atoms with Crippen molar-refractivity contribution in [1.29, 1.82) is 0 Å². The molecular weight excluding hydrogens is 493 g/mol. The summed E-state index contributed by atoms with van der Waals surface area (Å²) in [6.07, 6.45) is 5.67. The standard InChI is InChI=1S/C28H29ClFN5O2/c1-4-6-15(8-7-14(3)5-2)25-32-33-26-27(36)31-21-11-18-17(12-24(21)35(25)26)23-10-16-9-19(29)20(30)13-22(16)34(23)28(18)37/h9,11-15,23H,4-8,10H2,1-3H3,(H,31,36). The summed E-state index contributed by atoms with van der Waals surface area (Å²) in [5, 5.41) is 8.85. The maximum absolute atomic E-state index is 14.3. The molecule has 2 aliphatic heterocycles. The van der Waals surface area contributed by atoms with Crippen LogP contribution in [0.5, 0.6) is 0 Å². The first-order valence-electron chi connectivity index (χ1n) is 13.1. The third kappa shape index (κ3) is 3.68. The van der Waals surface area contributed by atoms with Crippen LogP contribution in [0.1, 0.15) is 92.1 Å². The highest BCUT2D eigenvalue weighted by Crippen LogP contribution is 2.48. The lowest BCUT2D eigenvalue weighted by Crippen LogP contribution is -2.24. The minimum Gasteiger partial charge on any atom is -0.317 e. The second kappa shape index (κ2) is 8.94. The lowest BCUT2D eigenvalue weighted by molar-refractivity contribution is 0.0993. The largest absolute Gasteiger partial charge is 0.317 e. The lowest BCUT2D eigenvalue weighted by atomic mass is 9.91. The van der Waals surface area contributed by atoms with Crippen molar-refractivity contribution in [2.24, 2.45) is 5.92 Å². The first-order valence-corrected chi connectivity index (χ1v) is 13.5. The maximum Gasteiger partial charge on any atom is 0.294 e. The Morgan fingerprint density at radius 1 is 1.14 bits per heavy atom. The Bertz CT molecular complexity index is 1630. The van der Waals surface area contributed by atoms with Gasteiger partial charge in [-0.3, -0.25) is 14.0 Å². The summed E-state index contributed by atoms with van der Waals surface area (Å²) in [5.74, 6) is 0.827. The molecule has 6 rings (SSSR count). The molecule has 0 saturated carbocycles. The molecule has 1 N–H and O–H groups in total. The molecule has 37 heavy (non-hydrogen) atoms. The number of aromatic amines is 1. The normalized spacial score (nSPS) is 17.9. The van der Waals surface area contributed by atoms with E-state index in [2.05, 4.69) is 36.0 Å². The van der Waals surface area contributed by atoms with Crippen molar-refractivity contribution in [1.82, 2.24) is 19.6 Å². The van der Waals surface area contributed by atoms with Crippen LogP contribution >= 0.6 is 11.6 Å². The van der Waals surface area contributed by atoms with Gasteiger partial charge < -0.3 is 9.88 Å². The summed E-state index contributed by atoms with van der Waals surface area (Å²) in [4.78, 5) is 31.0. The number of aromatic nitrogens is 4.